The molecule has 222 valence electrons. The molecule has 0 bridgehead atoms. The third-order valence-electron chi connectivity index (χ3n) is 9.11. The van der Waals surface area contributed by atoms with Crippen LogP contribution in [0.15, 0.2) is 36.4 Å². The van der Waals surface area contributed by atoms with Crippen LogP contribution < -0.4 is 14.5 Å². The molecule has 3 aliphatic heterocycles. The Kier molecular flexibility index (Phi) is 8.35. The largest absolute Gasteiger partial charge is 0.462 e. The van der Waals surface area contributed by atoms with Crippen LogP contribution in [-0.2, 0) is 17.8 Å². The lowest BCUT2D eigenvalue weighted by molar-refractivity contribution is -0.127. The van der Waals surface area contributed by atoms with Gasteiger partial charge in [-0.25, -0.2) is 6.57 Å². The van der Waals surface area contributed by atoms with E-state index >= 15 is 0 Å². The van der Waals surface area contributed by atoms with Crippen molar-refractivity contribution in [3.8, 4) is 17.9 Å². The second-order valence-corrected chi connectivity index (χ2v) is 11.8. The number of amides is 1. The zero-order valence-electron chi connectivity index (χ0n) is 25.3. The molecule has 0 N–H and O–H groups in total. The van der Waals surface area contributed by atoms with E-state index in [9.17, 15) is 4.79 Å². The molecule has 2 atom stereocenters. The summed E-state index contributed by atoms with van der Waals surface area (Å²) in [6.45, 7) is 16.4. The highest BCUT2D eigenvalue weighted by Crippen LogP contribution is 2.36. The maximum absolute atomic E-state index is 12.7. The maximum atomic E-state index is 12.7. The van der Waals surface area contributed by atoms with E-state index in [4.69, 9.17) is 21.3 Å². The zero-order chi connectivity index (χ0) is 29.9. The molecule has 0 unspecified atom stereocenters. The number of anilines is 2. The highest BCUT2D eigenvalue weighted by atomic mass is 16.5. The van der Waals surface area contributed by atoms with Gasteiger partial charge >= 0.3 is 6.01 Å². The zero-order valence-corrected chi connectivity index (χ0v) is 25.3. The maximum Gasteiger partial charge on any atom is 0.318 e. The molecule has 1 aromatic heterocycles. The van der Waals surface area contributed by atoms with Crippen molar-refractivity contribution in [2.24, 2.45) is 0 Å². The minimum absolute atomic E-state index is 0.216. The van der Waals surface area contributed by atoms with Crippen molar-refractivity contribution >= 4 is 28.2 Å². The fourth-order valence-electron chi connectivity index (χ4n) is 6.81. The number of ether oxygens (including phenoxy) is 1. The Morgan fingerprint density at radius 1 is 1.09 bits per heavy atom. The first-order chi connectivity index (χ1) is 21.0. The quantitative estimate of drug-likeness (QED) is 0.325. The number of aromatic nitrogens is 2. The summed E-state index contributed by atoms with van der Waals surface area (Å²) in [7, 11) is 2.14. The van der Waals surface area contributed by atoms with Crippen molar-refractivity contribution in [3.05, 3.63) is 64.6 Å². The molecule has 0 aliphatic carbocycles. The second-order valence-electron chi connectivity index (χ2n) is 11.8. The molecule has 0 radical (unpaired) electrons. The Morgan fingerprint density at radius 2 is 1.93 bits per heavy atom. The number of likely N-dealkylation sites (N-methyl/N-ethyl adjacent to an activating group) is 1. The first-order valence-electron chi connectivity index (χ1n) is 15.2. The lowest BCUT2D eigenvalue weighted by Gasteiger charge is -2.40. The summed E-state index contributed by atoms with van der Waals surface area (Å²) in [5, 5.41) is 2.52. The van der Waals surface area contributed by atoms with E-state index in [0.29, 0.717) is 44.8 Å². The van der Waals surface area contributed by atoms with Gasteiger partial charge in [0.2, 0.25) is 6.54 Å². The molecule has 9 nitrogen and oxygen atoms in total. The summed E-state index contributed by atoms with van der Waals surface area (Å²) < 4.78 is 6.31. The van der Waals surface area contributed by atoms with Gasteiger partial charge in [0.15, 0.2) is 0 Å². The molecule has 1 amide bonds. The Hall–Kier alpha value is -4.34. The fourth-order valence-corrected chi connectivity index (χ4v) is 6.81. The summed E-state index contributed by atoms with van der Waals surface area (Å²) in [5.74, 6) is 6.03. The van der Waals surface area contributed by atoms with Crippen LogP contribution in [-0.4, -0.2) is 90.7 Å². The third kappa shape index (κ3) is 5.83. The monoisotopic (exact) mass is 577 g/mol. The molecular weight excluding hydrogens is 538 g/mol. The number of nitrogens with zero attached hydrogens (tertiary/aromatic N) is 7. The molecule has 2 fully saturated rings. The average Bonchev–Trinajstić information content (AvgIpc) is 3.43. The SMILES string of the molecule is [C-]#[N+]C[C@H]1CN(c2nc(OC[C@@H]3CCCN3C)nc3c2CCN(c2cccc4cccc(C)c24)C3)CCN1C(=O)C#CC. The van der Waals surface area contributed by atoms with Crippen LogP contribution in [0.1, 0.15) is 36.6 Å². The average molecular weight is 578 g/mol. The molecule has 3 aliphatic rings. The van der Waals surface area contributed by atoms with Gasteiger partial charge in [0.05, 0.1) is 12.2 Å². The van der Waals surface area contributed by atoms with E-state index in [2.05, 4.69) is 81.8 Å². The summed E-state index contributed by atoms with van der Waals surface area (Å²) in [6.07, 6.45) is 3.08. The predicted molar refractivity (Wildman–Crippen MR) is 169 cm³/mol. The summed E-state index contributed by atoms with van der Waals surface area (Å²) in [6, 6.07) is 13.5. The van der Waals surface area contributed by atoms with E-state index < -0.39 is 0 Å². The molecule has 0 spiro atoms. The molecule has 0 saturated carbocycles. The van der Waals surface area contributed by atoms with Gasteiger partial charge in [0.1, 0.15) is 18.5 Å². The Balaban J connectivity index is 1.34. The topological polar surface area (TPSA) is 69.4 Å². The number of piperazine rings is 1. The van der Waals surface area contributed by atoms with Crippen molar-refractivity contribution < 1.29 is 9.53 Å². The van der Waals surface area contributed by atoms with Gasteiger partial charge in [-0.05, 0) is 69.6 Å². The van der Waals surface area contributed by atoms with Gasteiger partial charge in [-0.1, -0.05) is 36.3 Å². The van der Waals surface area contributed by atoms with Crippen molar-refractivity contribution in [1.82, 2.24) is 19.8 Å². The van der Waals surface area contributed by atoms with E-state index in [1.54, 1.807) is 11.8 Å². The molecule has 6 rings (SSSR count). The Morgan fingerprint density at radius 3 is 2.70 bits per heavy atom. The minimum Gasteiger partial charge on any atom is -0.462 e. The number of hydrogen-bond donors (Lipinski definition) is 0. The number of likely N-dealkylation sites (tertiary alicyclic amines) is 1. The first kappa shape index (κ1) is 28.8. The smallest absolute Gasteiger partial charge is 0.318 e. The Labute approximate surface area is 254 Å². The molecule has 9 heteroatoms. The standard InChI is InChI=1S/C34H39N7O2/c1-5-9-31(42)41-19-18-40(21-27(41)20-35-3)33-28-15-17-39(30-14-7-12-25-11-6-10-24(2)32(25)30)22-29(28)36-34(37-33)43-23-26-13-8-16-38(26)4/h6-7,10-12,14,26-27H,8,13,15-23H2,1-2,4H3/t26-,27-/m0/s1. The number of carbonyl (C=O) groups is 1. The van der Waals surface area contributed by atoms with Crippen LogP contribution >= 0.6 is 0 Å². The van der Waals surface area contributed by atoms with Crippen molar-refractivity contribution in [3.63, 3.8) is 0 Å². The van der Waals surface area contributed by atoms with Crippen LogP contribution in [0.4, 0.5) is 11.5 Å². The summed E-state index contributed by atoms with van der Waals surface area (Å²) in [5.41, 5.74) is 4.60. The fraction of sp³-hybridized carbons (Fsp3) is 0.471. The highest BCUT2D eigenvalue weighted by molar-refractivity contribution is 5.97. The number of benzene rings is 2. The normalized spacial score (nSPS) is 20.4. The third-order valence-corrected chi connectivity index (χ3v) is 9.11. The van der Waals surface area contributed by atoms with Crippen LogP contribution in [0.5, 0.6) is 6.01 Å². The van der Waals surface area contributed by atoms with Crippen LogP contribution in [0, 0.1) is 25.3 Å². The van der Waals surface area contributed by atoms with Crippen molar-refractivity contribution in [2.75, 3.05) is 62.7 Å². The lowest BCUT2D eigenvalue weighted by atomic mass is 9.99. The predicted octanol–water partition coefficient (Wildman–Crippen LogP) is 3.93. The van der Waals surface area contributed by atoms with Crippen LogP contribution in [0.3, 0.4) is 0 Å². The minimum atomic E-state index is -0.250. The van der Waals surface area contributed by atoms with Crippen molar-refractivity contribution in [2.45, 2.75) is 51.7 Å². The van der Waals surface area contributed by atoms with Gasteiger partial charge in [0.25, 0.3) is 5.91 Å². The number of aryl methyl sites for hydroxylation is 1. The van der Waals surface area contributed by atoms with Crippen LogP contribution in [0.25, 0.3) is 15.6 Å². The summed E-state index contributed by atoms with van der Waals surface area (Å²) in [4.78, 5) is 35.1. The molecule has 4 heterocycles. The van der Waals surface area contributed by atoms with E-state index in [1.807, 2.05) is 0 Å². The van der Waals surface area contributed by atoms with Crippen LogP contribution in [0.2, 0.25) is 0 Å². The van der Waals surface area contributed by atoms with Gasteiger partial charge in [-0.2, -0.15) is 9.97 Å². The number of fused-ring (bicyclic) bond motifs is 2. The number of hydrogen-bond acceptors (Lipinski definition) is 7. The molecule has 2 aromatic carbocycles. The van der Waals surface area contributed by atoms with E-state index in [0.717, 1.165) is 43.0 Å². The summed E-state index contributed by atoms with van der Waals surface area (Å²) >= 11 is 0. The van der Waals surface area contributed by atoms with Gasteiger partial charge in [-0.3, -0.25) is 4.79 Å². The Bertz CT molecular complexity index is 1620. The van der Waals surface area contributed by atoms with Gasteiger partial charge in [0, 0.05) is 48.9 Å². The van der Waals surface area contributed by atoms with E-state index in [-0.39, 0.29) is 18.5 Å². The van der Waals surface area contributed by atoms with Gasteiger partial charge < -0.3 is 29.2 Å². The number of carbonyl (C=O) groups excluding carboxylic acids is 1. The van der Waals surface area contributed by atoms with E-state index in [1.165, 1.54) is 28.4 Å². The molecular formula is C34H39N7O2. The van der Waals surface area contributed by atoms with Gasteiger partial charge in [-0.15, -0.1) is 0 Å². The lowest BCUT2D eigenvalue weighted by Crippen LogP contribution is -2.56. The second kappa shape index (κ2) is 12.5. The van der Waals surface area contributed by atoms with Crippen molar-refractivity contribution in [1.29, 1.82) is 0 Å². The molecule has 43 heavy (non-hydrogen) atoms. The highest BCUT2D eigenvalue weighted by Gasteiger charge is 2.35. The molecule has 2 saturated heterocycles. The number of rotatable bonds is 6. The molecule has 3 aromatic rings. The first-order valence-corrected chi connectivity index (χ1v) is 15.2.